The molecule has 0 N–H and O–H groups in total. The van der Waals surface area contributed by atoms with Gasteiger partial charge < -0.3 is 13.4 Å². The molecule has 13 aromatic rings. The summed E-state index contributed by atoms with van der Waals surface area (Å²) in [4.78, 5) is 11.4. The molecule has 1 aliphatic rings. The van der Waals surface area contributed by atoms with Gasteiger partial charge in [0, 0.05) is 32.3 Å². The number of nitrogens with zero attached hydrogens (tertiary/aromatic N) is 3. The van der Waals surface area contributed by atoms with E-state index in [2.05, 4.69) is 193 Å². The summed E-state index contributed by atoms with van der Waals surface area (Å²) >= 11 is 0. The Morgan fingerprint density at radius 2 is 1.00 bits per heavy atom. The second-order valence-electron chi connectivity index (χ2n) is 17.5. The highest BCUT2D eigenvalue weighted by Crippen LogP contribution is 2.43. The number of furan rings is 2. The van der Waals surface area contributed by atoms with Gasteiger partial charge in [0.05, 0.1) is 39.6 Å². The molecule has 1 aliphatic heterocycles. The third-order valence-electron chi connectivity index (χ3n) is 13.8. The summed E-state index contributed by atoms with van der Waals surface area (Å²) in [6, 6.07) is 73.4. The SMILES string of the molecule is c1ccc(-c2cccc(C3CCC(c4c(-n5c6cc7ccccc7cc6c6cc7ccccc7cc65)ccc5c4oc4ccccc45)=NC(c4cccc5c4oc4ccccc45)=N3)c2)cc1. The first-order chi connectivity index (χ1) is 32.7. The lowest BCUT2D eigenvalue weighted by Crippen LogP contribution is -2.10. The molecule has 0 fully saturated rings. The fraction of sp³-hybridized carbons (Fsp3) is 0.0492. The first-order valence-electron chi connectivity index (χ1n) is 22.7. The van der Waals surface area contributed by atoms with E-state index in [0.717, 1.165) is 95.0 Å². The van der Waals surface area contributed by atoms with Crippen molar-refractivity contribution in [2.24, 2.45) is 9.98 Å². The van der Waals surface area contributed by atoms with Crippen molar-refractivity contribution in [3.05, 3.63) is 223 Å². The number of aliphatic imine (C=N–C) groups is 2. The van der Waals surface area contributed by atoms with Gasteiger partial charge in [0.15, 0.2) is 5.84 Å². The lowest BCUT2D eigenvalue weighted by molar-refractivity contribution is 0.664. The Bertz CT molecular complexity index is 4090. The fourth-order valence-corrected chi connectivity index (χ4v) is 10.6. The van der Waals surface area contributed by atoms with Gasteiger partial charge in [0.25, 0.3) is 0 Å². The van der Waals surface area contributed by atoms with Crippen molar-refractivity contribution >= 4 is 98.8 Å². The van der Waals surface area contributed by atoms with Crippen molar-refractivity contribution in [2.45, 2.75) is 18.9 Å². The van der Waals surface area contributed by atoms with E-state index in [0.29, 0.717) is 12.3 Å². The smallest absolute Gasteiger partial charge is 0.159 e. The van der Waals surface area contributed by atoms with Crippen LogP contribution in [0.3, 0.4) is 0 Å². The molecule has 3 aromatic heterocycles. The van der Waals surface area contributed by atoms with E-state index in [9.17, 15) is 0 Å². The molecule has 1 atom stereocenters. The highest BCUT2D eigenvalue weighted by Gasteiger charge is 2.28. The number of aromatic nitrogens is 1. The van der Waals surface area contributed by atoms with Gasteiger partial charge in [0.2, 0.25) is 0 Å². The zero-order valence-corrected chi connectivity index (χ0v) is 35.8. The van der Waals surface area contributed by atoms with Gasteiger partial charge in [-0.25, -0.2) is 4.99 Å². The van der Waals surface area contributed by atoms with Crippen molar-refractivity contribution in [2.75, 3.05) is 0 Å². The van der Waals surface area contributed by atoms with Gasteiger partial charge in [-0.05, 0) is 112 Å². The lowest BCUT2D eigenvalue weighted by atomic mass is 9.94. The lowest BCUT2D eigenvalue weighted by Gasteiger charge is -2.17. The summed E-state index contributed by atoms with van der Waals surface area (Å²) in [5.41, 5.74) is 12.8. The molecule has 5 heteroatoms. The molecule has 14 rings (SSSR count). The molecule has 10 aromatic carbocycles. The molecule has 0 bridgehead atoms. The van der Waals surface area contributed by atoms with Gasteiger partial charge in [-0.1, -0.05) is 146 Å². The molecule has 310 valence electrons. The van der Waals surface area contributed by atoms with Crippen LogP contribution in [0.15, 0.2) is 225 Å². The quantitative estimate of drug-likeness (QED) is 0.173. The van der Waals surface area contributed by atoms with Crippen LogP contribution in [0.2, 0.25) is 0 Å². The van der Waals surface area contributed by atoms with Crippen LogP contribution >= 0.6 is 0 Å². The van der Waals surface area contributed by atoms with Crippen LogP contribution in [0, 0.1) is 0 Å². The van der Waals surface area contributed by atoms with Gasteiger partial charge in [0.1, 0.15) is 22.3 Å². The molecule has 66 heavy (non-hydrogen) atoms. The average molecular weight is 846 g/mol. The zero-order chi connectivity index (χ0) is 43.3. The fourth-order valence-electron chi connectivity index (χ4n) is 10.6. The number of hydrogen-bond acceptors (Lipinski definition) is 4. The standard InChI is InChI=1S/C61H39N3O2/c1-2-14-37(15-3-1)38-20-12-21-43(32-38)51-29-30-52(63-61(62-51)48-25-13-24-46-44-22-8-10-26-56(44)65-59(46)48)58-53(31-28-47-45-23-9-11-27-57(45)66-60(47)58)64-54-35-41-18-6-4-16-39(41)33-49(54)50-34-40-17-5-7-19-42(40)36-55(50)64/h1-28,31-36,51H,29-30H2. The van der Waals surface area contributed by atoms with Crippen molar-refractivity contribution in [3.63, 3.8) is 0 Å². The van der Waals surface area contributed by atoms with E-state index >= 15 is 0 Å². The van der Waals surface area contributed by atoms with E-state index in [4.69, 9.17) is 18.8 Å². The molecule has 4 heterocycles. The van der Waals surface area contributed by atoms with Crippen LogP contribution in [0.25, 0.3) is 104 Å². The van der Waals surface area contributed by atoms with Crippen LogP contribution in [-0.4, -0.2) is 16.1 Å². The first-order valence-corrected chi connectivity index (χ1v) is 22.7. The Morgan fingerprint density at radius 1 is 0.439 bits per heavy atom. The summed E-state index contributed by atoms with van der Waals surface area (Å²) in [6.45, 7) is 0. The number of benzene rings is 10. The third kappa shape index (κ3) is 5.73. The highest BCUT2D eigenvalue weighted by atomic mass is 16.3. The maximum absolute atomic E-state index is 7.06. The van der Waals surface area contributed by atoms with Crippen LogP contribution in [0.4, 0.5) is 0 Å². The number of para-hydroxylation sites is 3. The Labute approximate surface area is 379 Å². The maximum Gasteiger partial charge on any atom is 0.159 e. The molecular weight excluding hydrogens is 807 g/mol. The minimum atomic E-state index is -0.186. The maximum atomic E-state index is 7.06. The molecule has 0 radical (unpaired) electrons. The topological polar surface area (TPSA) is 55.9 Å². The van der Waals surface area contributed by atoms with Crippen molar-refractivity contribution in [3.8, 4) is 16.8 Å². The van der Waals surface area contributed by atoms with Gasteiger partial charge in [-0.2, -0.15) is 0 Å². The molecule has 0 aliphatic carbocycles. The molecule has 1 unspecified atom stereocenters. The van der Waals surface area contributed by atoms with E-state index in [1.165, 1.54) is 37.9 Å². The Hall–Kier alpha value is -8.54. The zero-order valence-electron chi connectivity index (χ0n) is 35.8. The normalized spacial score (nSPS) is 14.6. The van der Waals surface area contributed by atoms with E-state index in [-0.39, 0.29) is 6.04 Å². The van der Waals surface area contributed by atoms with Crippen molar-refractivity contribution in [1.29, 1.82) is 0 Å². The van der Waals surface area contributed by atoms with Crippen LogP contribution in [0.1, 0.15) is 35.6 Å². The molecule has 0 amide bonds. The Balaban J connectivity index is 1.06. The second kappa shape index (κ2) is 14.5. The highest BCUT2D eigenvalue weighted by molar-refractivity contribution is 6.25. The van der Waals surface area contributed by atoms with Crippen molar-refractivity contribution < 1.29 is 8.83 Å². The Kier molecular flexibility index (Phi) is 8.10. The number of fused-ring (bicyclic) bond motifs is 11. The van der Waals surface area contributed by atoms with Crippen LogP contribution in [-0.2, 0) is 0 Å². The number of rotatable bonds is 5. The minimum absolute atomic E-state index is 0.186. The molecule has 0 saturated heterocycles. The predicted octanol–water partition coefficient (Wildman–Crippen LogP) is 16.3. The largest absolute Gasteiger partial charge is 0.455 e. The summed E-state index contributed by atoms with van der Waals surface area (Å²) in [6.07, 6.45) is 1.38. The van der Waals surface area contributed by atoms with E-state index in [1.807, 2.05) is 18.2 Å². The summed E-state index contributed by atoms with van der Waals surface area (Å²) in [7, 11) is 0. The van der Waals surface area contributed by atoms with E-state index in [1.54, 1.807) is 0 Å². The summed E-state index contributed by atoms with van der Waals surface area (Å²) in [5, 5.41) is 11.4. The van der Waals surface area contributed by atoms with Crippen molar-refractivity contribution in [1.82, 2.24) is 4.57 Å². The average Bonchev–Trinajstić information content (AvgIpc) is 3.98. The number of hydrogen-bond donors (Lipinski definition) is 0. The van der Waals surface area contributed by atoms with Gasteiger partial charge in [-0.3, -0.25) is 4.99 Å². The minimum Gasteiger partial charge on any atom is -0.455 e. The third-order valence-corrected chi connectivity index (χ3v) is 13.8. The van der Waals surface area contributed by atoms with Gasteiger partial charge >= 0.3 is 0 Å². The summed E-state index contributed by atoms with van der Waals surface area (Å²) < 4.78 is 16.2. The van der Waals surface area contributed by atoms with Gasteiger partial charge in [-0.15, -0.1) is 0 Å². The number of amidine groups is 1. The van der Waals surface area contributed by atoms with Crippen LogP contribution in [0.5, 0.6) is 0 Å². The molecule has 0 saturated carbocycles. The monoisotopic (exact) mass is 845 g/mol. The van der Waals surface area contributed by atoms with E-state index < -0.39 is 0 Å². The Morgan fingerprint density at radius 3 is 1.70 bits per heavy atom. The predicted molar refractivity (Wildman–Crippen MR) is 274 cm³/mol. The molecule has 5 nitrogen and oxygen atoms in total. The van der Waals surface area contributed by atoms with Crippen LogP contribution < -0.4 is 0 Å². The molecular formula is C61H39N3O2. The summed E-state index contributed by atoms with van der Waals surface area (Å²) in [5.74, 6) is 0.639. The first kappa shape index (κ1) is 36.9. The second-order valence-corrected chi connectivity index (χ2v) is 17.5. The molecule has 0 spiro atoms.